The zero-order valence-electron chi connectivity index (χ0n) is 11.2. The van der Waals surface area contributed by atoms with Gasteiger partial charge in [-0.1, -0.05) is 0 Å². The summed E-state index contributed by atoms with van der Waals surface area (Å²) in [5, 5.41) is 7.42. The van der Waals surface area contributed by atoms with Crippen LogP contribution in [0.15, 0.2) is 0 Å². The monoisotopic (exact) mass is 279 g/mol. The van der Waals surface area contributed by atoms with Crippen molar-refractivity contribution >= 4 is 18.2 Å². The summed E-state index contributed by atoms with van der Waals surface area (Å²) in [5.41, 5.74) is 0. The first-order valence-electron chi connectivity index (χ1n) is 7.45. The molecule has 1 aliphatic heterocycles. The van der Waals surface area contributed by atoms with E-state index in [4.69, 9.17) is 12.2 Å². The van der Waals surface area contributed by atoms with E-state index in [2.05, 4.69) is 24.6 Å². The average molecular weight is 279 g/mol. The van der Waals surface area contributed by atoms with E-state index in [9.17, 15) is 0 Å². The Bertz CT molecular complexity index is 505. The van der Waals surface area contributed by atoms with Gasteiger partial charge in [-0.2, -0.15) is 0 Å². The fourth-order valence-corrected chi connectivity index (χ4v) is 3.25. The molecule has 19 heavy (non-hydrogen) atoms. The Balaban J connectivity index is 1.44. The van der Waals surface area contributed by atoms with E-state index in [0.717, 1.165) is 29.7 Å². The van der Waals surface area contributed by atoms with Gasteiger partial charge in [0.25, 0.3) is 0 Å². The van der Waals surface area contributed by atoms with Crippen molar-refractivity contribution in [1.29, 1.82) is 0 Å². The molecule has 0 bridgehead atoms. The minimum absolute atomic E-state index is 0.603. The summed E-state index contributed by atoms with van der Waals surface area (Å²) < 4.78 is 3.02. The largest absolute Gasteiger partial charge is 0.338 e. The third-order valence-electron chi connectivity index (χ3n) is 4.47. The summed E-state index contributed by atoms with van der Waals surface area (Å²) >= 11 is 5.35. The highest BCUT2D eigenvalue weighted by Crippen LogP contribution is 2.38. The predicted molar refractivity (Wildman–Crippen MR) is 77.1 cm³/mol. The molecule has 2 saturated carbocycles. The first-order valence-corrected chi connectivity index (χ1v) is 7.86. The standard InChI is InChI=1S/C13H21N5S/c19-13-15-14-12(18(13)11-3-4-11)17-7-5-16(6-8-17)9-10-1-2-10/h10-11H,1-9H2,(H,15,19). The molecule has 0 atom stereocenters. The van der Waals surface area contributed by atoms with Crippen LogP contribution in [-0.2, 0) is 0 Å². The molecular weight excluding hydrogens is 258 g/mol. The second kappa shape index (κ2) is 4.59. The zero-order valence-corrected chi connectivity index (χ0v) is 12.0. The van der Waals surface area contributed by atoms with Gasteiger partial charge in [-0.3, -0.25) is 9.47 Å². The Labute approximate surface area is 118 Å². The highest BCUT2D eigenvalue weighted by Gasteiger charge is 2.31. The first kappa shape index (κ1) is 11.9. The number of anilines is 1. The number of nitrogens with zero attached hydrogens (tertiary/aromatic N) is 4. The molecule has 6 heteroatoms. The summed E-state index contributed by atoms with van der Waals surface area (Å²) in [7, 11) is 0. The lowest BCUT2D eigenvalue weighted by Crippen LogP contribution is -2.47. The third kappa shape index (κ3) is 2.43. The minimum atomic E-state index is 0.603. The maximum absolute atomic E-state index is 5.35. The molecule has 1 aromatic heterocycles. The van der Waals surface area contributed by atoms with Gasteiger partial charge in [0.1, 0.15) is 0 Å². The van der Waals surface area contributed by atoms with Gasteiger partial charge in [-0.05, 0) is 43.8 Å². The number of hydrogen-bond acceptors (Lipinski definition) is 4. The molecule has 0 unspecified atom stereocenters. The van der Waals surface area contributed by atoms with E-state index in [0.29, 0.717) is 6.04 Å². The van der Waals surface area contributed by atoms with Crippen molar-refractivity contribution in [3.05, 3.63) is 4.77 Å². The molecule has 0 radical (unpaired) electrons. The Morgan fingerprint density at radius 3 is 2.47 bits per heavy atom. The van der Waals surface area contributed by atoms with Crippen LogP contribution in [-0.4, -0.2) is 52.4 Å². The number of nitrogens with one attached hydrogen (secondary N) is 1. The quantitative estimate of drug-likeness (QED) is 0.853. The Morgan fingerprint density at radius 2 is 1.84 bits per heavy atom. The summed E-state index contributed by atoms with van der Waals surface area (Å²) in [6.45, 7) is 5.81. The maximum Gasteiger partial charge on any atom is 0.226 e. The summed E-state index contributed by atoms with van der Waals surface area (Å²) in [6, 6.07) is 0.603. The van der Waals surface area contributed by atoms with Crippen LogP contribution < -0.4 is 4.90 Å². The maximum atomic E-state index is 5.35. The van der Waals surface area contributed by atoms with E-state index in [1.807, 2.05) is 0 Å². The number of H-pyrrole nitrogens is 1. The van der Waals surface area contributed by atoms with E-state index < -0.39 is 0 Å². The van der Waals surface area contributed by atoms with Crippen molar-refractivity contribution in [2.24, 2.45) is 5.92 Å². The van der Waals surface area contributed by atoms with E-state index >= 15 is 0 Å². The van der Waals surface area contributed by atoms with Crippen LogP contribution in [0.3, 0.4) is 0 Å². The molecular formula is C13H21N5S. The fourth-order valence-electron chi connectivity index (χ4n) is 2.98. The number of aromatic nitrogens is 3. The molecule has 0 amide bonds. The number of rotatable bonds is 4. The first-order chi connectivity index (χ1) is 9.31. The lowest BCUT2D eigenvalue weighted by Gasteiger charge is -2.35. The van der Waals surface area contributed by atoms with Gasteiger partial charge < -0.3 is 4.90 Å². The van der Waals surface area contributed by atoms with Crippen molar-refractivity contribution in [2.75, 3.05) is 37.6 Å². The molecule has 1 aromatic rings. The van der Waals surface area contributed by atoms with Crippen molar-refractivity contribution in [1.82, 2.24) is 19.7 Å². The summed E-state index contributed by atoms with van der Waals surface area (Å²) in [6.07, 6.45) is 5.39. The topological polar surface area (TPSA) is 40.1 Å². The van der Waals surface area contributed by atoms with Crippen LogP contribution in [0.25, 0.3) is 0 Å². The van der Waals surface area contributed by atoms with Gasteiger partial charge in [0.2, 0.25) is 5.95 Å². The Hall–Kier alpha value is -0.880. The molecule has 1 saturated heterocycles. The van der Waals surface area contributed by atoms with Gasteiger partial charge in [0, 0.05) is 38.8 Å². The summed E-state index contributed by atoms with van der Waals surface area (Å²) in [4.78, 5) is 5.00. The highest BCUT2D eigenvalue weighted by atomic mass is 32.1. The zero-order chi connectivity index (χ0) is 12.8. The normalized spacial score (nSPS) is 24.9. The molecule has 5 nitrogen and oxygen atoms in total. The lowest BCUT2D eigenvalue weighted by atomic mass is 10.3. The third-order valence-corrected chi connectivity index (χ3v) is 4.75. The molecule has 0 spiro atoms. The molecule has 3 aliphatic rings. The molecule has 104 valence electrons. The fraction of sp³-hybridized carbons (Fsp3) is 0.846. The second-order valence-corrected chi connectivity index (χ2v) is 6.55. The van der Waals surface area contributed by atoms with Crippen molar-refractivity contribution in [3.8, 4) is 0 Å². The van der Waals surface area contributed by atoms with Gasteiger partial charge in [-0.15, -0.1) is 5.10 Å². The van der Waals surface area contributed by atoms with E-state index in [1.54, 1.807) is 0 Å². The number of piperazine rings is 1. The molecule has 2 heterocycles. The van der Waals surface area contributed by atoms with Gasteiger partial charge in [0.15, 0.2) is 4.77 Å². The summed E-state index contributed by atoms with van der Waals surface area (Å²) in [5.74, 6) is 2.06. The minimum Gasteiger partial charge on any atom is -0.338 e. The Kier molecular flexibility index (Phi) is 2.88. The lowest BCUT2D eigenvalue weighted by molar-refractivity contribution is 0.246. The molecule has 1 N–H and O–H groups in total. The van der Waals surface area contributed by atoms with E-state index in [1.165, 1.54) is 45.3 Å². The van der Waals surface area contributed by atoms with Gasteiger partial charge >= 0.3 is 0 Å². The number of aromatic amines is 1. The predicted octanol–water partition coefficient (Wildman–Crippen LogP) is 1.81. The van der Waals surface area contributed by atoms with Gasteiger partial charge in [-0.25, -0.2) is 5.10 Å². The SMILES string of the molecule is S=c1[nH]nc(N2CCN(CC3CC3)CC2)n1C1CC1. The van der Waals surface area contributed by atoms with E-state index in [-0.39, 0.29) is 0 Å². The molecule has 4 rings (SSSR count). The number of hydrogen-bond donors (Lipinski definition) is 1. The molecule has 3 fully saturated rings. The van der Waals surface area contributed by atoms with Crippen molar-refractivity contribution < 1.29 is 0 Å². The Morgan fingerprint density at radius 1 is 1.11 bits per heavy atom. The van der Waals surface area contributed by atoms with Crippen LogP contribution in [0.2, 0.25) is 0 Å². The highest BCUT2D eigenvalue weighted by molar-refractivity contribution is 7.71. The molecule has 2 aliphatic carbocycles. The van der Waals surface area contributed by atoms with Gasteiger partial charge in [0.05, 0.1) is 0 Å². The van der Waals surface area contributed by atoms with Crippen LogP contribution in [0.4, 0.5) is 5.95 Å². The van der Waals surface area contributed by atoms with Crippen LogP contribution >= 0.6 is 12.2 Å². The second-order valence-electron chi connectivity index (χ2n) is 6.16. The van der Waals surface area contributed by atoms with Crippen LogP contribution in [0.1, 0.15) is 31.7 Å². The molecule has 0 aromatic carbocycles. The smallest absolute Gasteiger partial charge is 0.226 e. The van der Waals surface area contributed by atoms with Crippen LogP contribution in [0, 0.1) is 10.7 Å². The van der Waals surface area contributed by atoms with Crippen molar-refractivity contribution in [3.63, 3.8) is 0 Å². The van der Waals surface area contributed by atoms with Crippen molar-refractivity contribution in [2.45, 2.75) is 31.7 Å². The average Bonchev–Trinajstić information content (AvgIpc) is 3.32. The van der Waals surface area contributed by atoms with Crippen LogP contribution in [0.5, 0.6) is 0 Å².